The lowest BCUT2D eigenvalue weighted by Gasteiger charge is -2.15. The van der Waals surface area contributed by atoms with E-state index in [1.807, 2.05) is 0 Å². The van der Waals surface area contributed by atoms with E-state index < -0.39 is 29.7 Å². The Bertz CT molecular complexity index is 1710. The summed E-state index contributed by atoms with van der Waals surface area (Å²) in [5.74, 6) is -3.68. The van der Waals surface area contributed by atoms with E-state index in [-0.39, 0.29) is 50.9 Å². The molecule has 3 rings (SSSR count). The van der Waals surface area contributed by atoms with Crippen molar-refractivity contribution in [1.29, 1.82) is 0 Å². The van der Waals surface area contributed by atoms with Crippen molar-refractivity contribution < 1.29 is 42.5 Å². The summed E-state index contributed by atoms with van der Waals surface area (Å²) in [6.45, 7) is 20.0. The Labute approximate surface area is 248 Å². The fourth-order valence-electron chi connectivity index (χ4n) is 3.40. The van der Waals surface area contributed by atoms with Gasteiger partial charge in [0.2, 0.25) is 0 Å². The summed E-state index contributed by atoms with van der Waals surface area (Å²) in [4.78, 5) is 48.7. The fraction of sp³-hybridized carbons (Fsp3) is 0.118. The minimum Gasteiger partial charge on any atom is -0.423 e. The number of hydrogen-bond acceptors (Lipinski definition) is 8. The molecule has 0 unspecified atom stereocenters. The molecule has 0 heterocycles. The largest absolute Gasteiger partial charge is 0.423 e. The predicted octanol–water partition coefficient (Wildman–Crippen LogP) is 7.09. The van der Waals surface area contributed by atoms with Gasteiger partial charge in [-0.1, -0.05) is 44.5 Å². The van der Waals surface area contributed by atoms with Crippen molar-refractivity contribution in [1.82, 2.24) is 0 Å². The molecule has 3 aromatic carbocycles. The average molecular weight is 585 g/mol. The van der Waals surface area contributed by atoms with Gasteiger partial charge in [0.25, 0.3) is 0 Å². The van der Waals surface area contributed by atoms with Crippen molar-refractivity contribution in [2.24, 2.45) is 0 Å². The Hall–Kier alpha value is -5.57. The molecule has 0 bridgehead atoms. The monoisotopic (exact) mass is 584 g/mol. The van der Waals surface area contributed by atoms with Gasteiger partial charge in [0.15, 0.2) is 11.5 Å². The van der Waals surface area contributed by atoms with Crippen LogP contribution in [0.4, 0.5) is 4.39 Å². The van der Waals surface area contributed by atoms with Gasteiger partial charge in [-0.25, -0.2) is 23.6 Å². The van der Waals surface area contributed by atoms with E-state index in [0.29, 0.717) is 16.7 Å². The molecule has 3 aromatic rings. The molecule has 220 valence electrons. The van der Waals surface area contributed by atoms with Gasteiger partial charge >= 0.3 is 23.9 Å². The molecule has 0 fully saturated rings. The number of rotatable bonds is 10. The second kappa shape index (κ2) is 13.4. The highest BCUT2D eigenvalue weighted by atomic mass is 19.1. The summed E-state index contributed by atoms with van der Waals surface area (Å²) < 4.78 is 36.9. The third kappa shape index (κ3) is 8.01. The van der Waals surface area contributed by atoms with Gasteiger partial charge in [0.1, 0.15) is 17.3 Å². The fourth-order valence-corrected chi connectivity index (χ4v) is 3.40. The van der Waals surface area contributed by atoms with Gasteiger partial charge < -0.3 is 18.9 Å². The van der Waals surface area contributed by atoms with Crippen LogP contribution in [0.25, 0.3) is 22.3 Å². The molecular weight excluding hydrogens is 555 g/mol. The molecule has 0 saturated heterocycles. The lowest BCUT2D eigenvalue weighted by molar-refractivity contribution is -0.132. The third-order valence-electron chi connectivity index (χ3n) is 5.70. The maximum atomic E-state index is 15.6. The zero-order chi connectivity index (χ0) is 32.0. The van der Waals surface area contributed by atoms with Crippen LogP contribution in [0.15, 0.2) is 103 Å². The standard InChI is InChI=1S/C34H29FO8/c1-18(2)31(36)40-24-11-13-26(29(17-24)42-33(38)20(5)6)22-9-12-25(27(35)15-22)23-10-14-28(41-32(37)19(3)4)30(16-23)43-34(39)21(7)8/h9-17H,1,3,5,7H2,2,4,6,8H3. The minimum atomic E-state index is -0.769. The SMILES string of the molecule is C=C(C)C(=O)Oc1ccc(-c2ccc(-c3ccc(OC(=O)C(=C)C)c(OC(=O)C(=C)C)c3)c(F)c2)c(OC(=O)C(=C)C)c1. The Morgan fingerprint density at radius 3 is 1.49 bits per heavy atom. The van der Waals surface area contributed by atoms with Gasteiger partial charge in [0, 0.05) is 39.5 Å². The molecule has 0 amide bonds. The van der Waals surface area contributed by atoms with E-state index in [4.69, 9.17) is 18.9 Å². The van der Waals surface area contributed by atoms with E-state index in [1.54, 1.807) is 6.07 Å². The molecule has 0 aliphatic carbocycles. The first-order valence-electron chi connectivity index (χ1n) is 12.8. The Morgan fingerprint density at radius 1 is 0.512 bits per heavy atom. The van der Waals surface area contributed by atoms with Crippen LogP contribution >= 0.6 is 0 Å². The quantitative estimate of drug-likeness (QED) is 0.141. The van der Waals surface area contributed by atoms with E-state index >= 15 is 4.39 Å². The maximum Gasteiger partial charge on any atom is 0.338 e. The third-order valence-corrected chi connectivity index (χ3v) is 5.70. The van der Waals surface area contributed by atoms with Crippen LogP contribution in [0.1, 0.15) is 27.7 Å². The van der Waals surface area contributed by atoms with E-state index in [1.165, 1.54) is 76.2 Å². The molecule has 43 heavy (non-hydrogen) atoms. The minimum absolute atomic E-state index is 0.00448. The topological polar surface area (TPSA) is 105 Å². The van der Waals surface area contributed by atoms with E-state index in [9.17, 15) is 19.2 Å². The van der Waals surface area contributed by atoms with Gasteiger partial charge in [-0.15, -0.1) is 0 Å². The van der Waals surface area contributed by atoms with Crippen molar-refractivity contribution in [2.45, 2.75) is 27.7 Å². The van der Waals surface area contributed by atoms with Gasteiger partial charge in [-0.05, 0) is 69.2 Å². The van der Waals surface area contributed by atoms with Crippen LogP contribution < -0.4 is 18.9 Å². The Morgan fingerprint density at radius 2 is 0.953 bits per heavy atom. The number of hydrogen-bond donors (Lipinski definition) is 0. The lowest BCUT2D eigenvalue weighted by atomic mass is 9.98. The summed E-state index contributed by atoms with van der Waals surface area (Å²) in [7, 11) is 0. The second-order valence-electron chi connectivity index (χ2n) is 9.69. The first kappa shape index (κ1) is 32.0. The summed E-state index contributed by atoms with van der Waals surface area (Å²) >= 11 is 0. The second-order valence-corrected chi connectivity index (χ2v) is 9.69. The van der Waals surface area contributed by atoms with Gasteiger partial charge in [0.05, 0.1) is 0 Å². The van der Waals surface area contributed by atoms with Crippen LogP contribution in [0.5, 0.6) is 23.0 Å². The van der Waals surface area contributed by atoms with Crippen molar-refractivity contribution in [2.75, 3.05) is 0 Å². The summed E-state index contributed by atoms with van der Waals surface area (Å²) in [5.41, 5.74) is 1.61. The molecule has 0 aliphatic rings. The Kier molecular flexibility index (Phi) is 9.95. The van der Waals surface area contributed by atoms with Gasteiger partial charge in [-0.3, -0.25) is 0 Å². The van der Waals surface area contributed by atoms with Crippen LogP contribution in [0, 0.1) is 5.82 Å². The Balaban J connectivity index is 2.06. The normalized spacial score (nSPS) is 10.3. The molecule has 9 heteroatoms. The number of carbonyl (C=O) groups excluding carboxylic acids is 4. The van der Waals surface area contributed by atoms with Crippen LogP contribution in [0.3, 0.4) is 0 Å². The van der Waals surface area contributed by atoms with Crippen molar-refractivity contribution in [3.8, 4) is 45.3 Å². The first-order chi connectivity index (χ1) is 20.2. The maximum absolute atomic E-state index is 15.6. The summed E-state index contributed by atoms with van der Waals surface area (Å²) in [6, 6.07) is 12.8. The molecule has 8 nitrogen and oxygen atoms in total. The molecule has 0 radical (unpaired) electrons. The highest BCUT2D eigenvalue weighted by molar-refractivity contribution is 5.92. The summed E-state index contributed by atoms with van der Waals surface area (Å²) in [6.07, 6.45) is 0. The van der Waals surface area contributed by atoms with Crippen LogP contribution in [-0.4, -0.2) is 23.9 Å². The zero-order valence-electron chi connectivity index (χ0n) is 24.2. The molecular formula is C34H29FO8. The molecule has 0 aromatic heterocycles. The molecule has 0 aliphatic heterocycles. The molecule has 0 atom stereocenters. The van der Waals surface area contributed by atoms with Crippen molar-refractivity contribution >= 4 is 23.9 Å². The highest BCUT2D eigenvalue weighted by Crippen LogP contribution is 2.38. The van der Waals surface area contributed by atoms with Gasteiger partial charge in [-0.2, -0.15) is 0 Å². The first-order valence-corrected chi connectivity index (χ1v) is 12.8. The molecule has 0 N–H and O–H groups in total. The number of esters is 4. The summed E-state index contributed by atoms with van der Waals surface area (Å²) in [5, 5.41) is 0. The van der Waals surface area contributed by atoms with Crippen LogP contribution in [-0.2, 0) is 19.2 Å². The van der Waals surface area contributed by atoms with Crippen molar-refractivity contribution in [3.05, 3.63) is 109 Å². The molecule has 0 saturated carbocycles. The van der Waals surface area contributed by atoms with E-state index in [2.05, 4.69) is 26.3 Å². The molecule has 0 spiro atoms. The number of carbonyl (C=O) groups is 4. The van der Waals surface area contributed by atoms with Crippen LogP contribution in [0.2, 0.25) is 0 Å². The number of ether oxygens (including phenoxy) is 4. The average Bonchev–Trinajstić information content (AvgIpc) is 2.93. The smallest absolute Gasteiger partial charge is 0.338 e. The zero-order valence-corrected chi connectivity index (χ0v) is 24.2. The van der Waals surface area contributed by atoms with Crippen molar-refractivity contribution in [3.63, 3.8) is 0 Å². The lowest BCUT2D eigenvalue weighted by Crippen LogP contribution is -2.12. The van der Waals surface area contributed by atoms with E-state index in [0.717, 1.165) is 0 Å². The highest BCUT2D eigenvalue weighted by Gasteiger charge is 2.19. The number of benzene rings is 3. The number of halogens is 1. The predicted molar refractivity (Wildman–Crippen MR) is 159 cm³/mol.